The number of nitrogens with one attached hydrogen (secondary N) is 1. The first-order chi connectivity index (χ1) is 11.7. The van der Waals surface area contributed by atoms with Gasteiger partial charge in [-0.1, -0.05) is 19.1 Å². The molecule has 0 bridgehead atoms. The predicted molar refractivity (Wildman–Crippen MR) is 92.1 cm³/mol. The summed E-state index contributed by atoms with van der Waals surface area (Å²) in [5.41, 5.74) is 9.31. The van der Waals surface area contributed by atoms with E-state index in [4.69, 9.17) is 0 Å². The van der Waals surface area contributed by atoms with E-state index in [-0.39, 0.29) is 11.7 Å². The smallest absolute Gasteiger partial charge is 0.161 e. The number of rotatable bonds is 2. The minimum Gasteiger partial charge on any atom is -0.298 e. The lowest BCUT2D eigenvalue weighted by molar-refractivity contribution is -0.116. The number of fused-ring (bicyclic) bond motifs is 1. The topological polar surface area (TPSA) is 57.8 Å². The summed E-state index contributed by atoms with van der Waals surface area (Å²) in [5.74, 6) is 0.129. The number of carbonyl (C=O) groups is 1. The Morgan fingerprint density at radius 1 is 1.29 bits per heavy atom. The van der Waals surface area contributed by atoms with Crippen LogP contribution >= 0.6 is 0 Å². The van der Waals surface area contributed by atoms with Crippen LogP contribution in [0.2, 0.25) is 0 Å². The normalized spacial score (nSPS) is 19.3. The first-order valence-corrected chi connectivity index (χ1v) is 8.46. The number of hydrogen-bond acceptors (Lipinski definition) is 3. The third-order valence-electron chi connectivity index (χ3n) is 4.99. The molecule has 0 spiro atoms. The summed E-state index contributed by atoms with van der Waals surface area (Å²) < 4.78 is 2.13. The maximum absolute atomic E-state index is 12.7. The van der Waals surface area contributed by atoms with Crippen molar-refractivity contribution in [3.63, 3.8) is 0 Å². The minimum absolute atomic E-state index is 0.0948. The molecular weight excluding hydrogens is 298 g/mol. The van der Waals surface area contributed by atoms with E-state index in [0.717, 1.165) is 41.8 Å². The Morgan fingerprint density at radius 2 is 2.17 bits per heavy atom. The van der Waals surface area contributed by atoms with Gasteiger partial charge in [0, 0.05) is 23.4 Å². The molecular formula is C20H19N3O. The standard InChI is InChI=1S/C20H19N3O/c1-2-15-9-10-17-19(14-6-3-5-13(11-14)12-21)20-16(22-23(15)17)7-4-8-18(20)24/h3,5-6,9-11,19,22H,2,4,7-8H2,1H3. The molecule has 1 aromatic heterocycles. The largest absolute Gasteiger partial charge is 0.298 e. The highest BCUT2D eigenvalue weighted by molar-refractivity contribution is 5.99. The van der Waals surface area contributed by atoms with Crippen molar-refractivity contribution in [3.05, 3.63) is 70.2 Å². The fourth-order valence-electron chi connectivity index (χ4n) is 3.86. The third kappa shape index (κ3) is 2.16. The molecule has 4 rings (SSSR count). The Hall–Kier alpha value is -2.80. The fraction of sp³-hybridized carbons (Fsp3) is 0.300. The van der Waals surface area contributed by atoms with E-state index in [1.807, 2.05) is 18.2 Å². The molecule has 1 unspecified atom stereocenters. The van der Waals surface area contributed by atoms with Crippen molar-refractivity contribution >= 4 is 5.78 Å². The van der Waals surface area contributed by atoms with Crippen molar-refractivity contribution in [2.24, 2.45) is 0 Å². The van der Waals surface area contributed by atoms with Gasteiger partial charge in [0.25, 0.3) is 0 Å². The lowest BCUT2D eigenvalue weighted by Crippen LogP contribution is -2.33. The summed E-state index contributed by atoms with van der Waals surface area (Å²) in [6, 6.07) is 14.1. The molecule has 1 aliphatic heterocycles. The van der Waals surface area contributed by atoms with Crippen LogP contribution in [0.4, 0.5) is 0 Å². The number of allylic oxidation sites excluding steroid dienone is 2. The van der Waals surface area contributed by atoms with Crippen molar-refractivity contribution in [1.82, 2.24) is 4.68 Å². The second-order valence-electron chi connectivity index (χ2n) is 6.39. The van der Waals surface area contributed by atoms with Crippen molar-refractivity contribution in [2.75, 3.05) is 5.43 Å². The van der Waals surface area contributed by atoms with Crippen LogP contribution in [0.5, 0.6) is 0 Å². The van der Waals surface area contributed by atoms with Crippen LogP contribution < -0.4 is 5.43 Å². The van der Waals surface area contributed by atoms with Crippen molar-refractivity contribution in [2.45, 2.75) is 38.5 Å². The number of benzene rings is 1. The van der Waals surface area contributed by atoms with Crippen LogP contribution in [-0.2, 0) is 11.2 Å². The van der Waals surface area contributed by atoms with Gasteiger partial charge in [-0.05, 0) is 49.1 Å². The Bertz CT molecular complexity index is 898. The molecule has 0 saturated heterocycles. The average Bonchev–Trinajstić information content (AvgIpc) is 3.03. The first kappa shape index (κ1) is 14.8. The zero-order valence-electron chi connectivity index (χ0n) is 13.7. The number of Topliss-reactive ketones (excluding diaryl/α,β-unsaturated/α-hetero) is 1. The number of carbonyl (C=O) groups excluding carboxylic acids is 1. The number of nitriles is 1. The molecule has 1 aliphatic carbocycles. The first-order valence-electron chi connectivity index (χ1n) is 8.46. The quantitative estimate of drug-likeness (QED) is 0.920. The maximum atomic E-state index is 12.7. The molecule has 0 fully saturated rings. The monoisotopic (exact) mass is 317 g/mol. The highest BCUT2D eigenvalue weighted by Gasteiger charge is 2.35. The molecule has 0 radical (unpaired) electrons. The van der Waals surface area contributed by atoms with E-state index >= 15 is 0 Å². The van der Waals surface area contributed by atoms with E-state index in [1.54, 1.807) is 6.07 Å². The fourth-order valence-corrected chi connectivity index (χ4v) is 3.86. The van der Waals surface area contributed by atoms with Crippen LogP contribution in [0.15, 0.2) is 47.7 Å². The van der Waals surface area contributed by atoms with E-state index in [2.05, 4.69) is 35.2 Å². The number of nitrogens with zero attached hydrogens (tertiary/aromatic N) is 2. The van der Waals surface area contributed by atoms with Gasteiger partial charge in [0.15, 0.2) is 5.78 Å². The van der Waals surface area contributed by atoms with Crippen molar-refractivity contribution in [1.29, 1.82) is 5.26 Å². The van der Waals surface area contributed by atoms with Gasteiger partial charge in [0.1, 0.15) is 0 Å². The number of aryl methyl sites for hydroxylation is 1. The highest BCUT2D eigenvalue weighted by Crippen LogP contribution is 2.41. The molecule has 2 aromatic rings. The zero-order chi connectivity index (χ0) is 16.7. The molecule has 24 heavy (non-hydrogen) atoms. The Morgan fingerprint density at radius 3 is 2.96 bits per heavy atom. The second kappa shape index (κ2) is 5.68. The maximum Gasteiger partial charge on any atom is 0.161 e. The highest BCUT2D eigenvalue weighted by atomic mass is 16.1. The van der Waals surface area contributed by atoms with E-state index in [0.29, 0.717) is 12.0 Å². The van der Waals surface area contributed by atoms with Gasteiger partial charge in [-0.2, -0.15) is 5.26 Å². The third-order valence-corrected chi connectivity index (χ3v) is 4.99. The Labute approximate surface area is 141 Å². The predicted octanol–water partition coefficient (Wildman–Crippen LogP) is 3.62. The second-order valence-corrected chi connectivity index (χ2v) is 6.39. The van der Waals surface area contributed by atoms with Crippen molar-refractivity contribution in [3.8, 4) is 6.07 Å². The van der Waals surface area contributed by atoms with Gasteiger partial charge in [0.05, 0.1) is 23.2 Å². The van der Waals surface area contributed by atoms with Crippen LogP contribution in [0, 0.1) is 11.3 Å². The molecule has 0 saturated carbocycles. The molecule has 1 aromatic carbocycles. The van der Waals surface area contributed by atoms with Gasteiger partial charge in [-0.3, -0.25) is 14.9 Å². The minimum atomic E-state index is -0.0948. The van der Waals surface area contributed by atoms with Crippen LogP contribution in [0.1, 0.15) is 54.6 Å². The summed E-state index contributed by atoms with van der Waals surface area (Å²) in [6.07, 6.45) is 3.33. The summed E-state index contributed by atoms with van der Waals surface area (Å²) in [6.45, 7) is 2.13. The molecule has 2 heterocycles. The summed E-state index contributed by atoms with van der Waals surface area (Å²) in [4.78, 5) is 12.7. The van der Waals surface area contributed by atoms with Gasteiger partial charge in [-0.15, -0.1) is 0 Å². The van der Waals surface area contributed by atoms with Crippen LogP contribution in [-0.4, -0.2) is 10.5 Å². The SMILES string of the molecule is CCc1ccc2n1NC1=C(C(=O)CCC1)C2c1cccc(C#N)c1. The number of ketones is 1. The van der Waals surface area contributed by atoms with Crippen molar-refractivity contribution < 1.29 is 4.79 Å². The summed E-state index contributed by atoms with van der Waals surface area (Å²) in [7, 11) is 0. The molecule has 0 amide bonds. The lowest BCUT2D eigenvalue weighted by Gasteiger charge is -2.34. The molecule has 4 nitrogen and oxygen atoms in total. The van der Waals surface area contributed by atoms with Gasteiger partial charge in [0.2, 0.25) is 0 Å². The van der Waals surface area contributed by atoms with E-state index in [1.165, 1.54) is 5.69 Å². The van der Waals surface area contributed by atoms with Gasteiger partial charge >= 0.3 is 0 Å². The summed E-state index contributed by atoms with van der Waals surface area (Å²) >= 11 is 0. The number of aromatic nitrogens is 1. The molecule has 2 aliphatic rings. The van der Waals surface area contributed by atoms with E-state index in [9.17, 15) is 10.1 Å². The number of hydrogen-bond donors (Lipinski definition) is 1. The van der Waals surface area contributed by atoms with E-state index < -0.39 is 0 Å². The Balaban J connectivity index is 1.94. The zero-order valence-corrected chi connectivity index (χ0v) is 13.7. The lowest BCUT2D eigenvalue weighted by atomic mass is 9.79. The Kier molecular flexibility index (Phi) is 3.50. The molecule has 1 atom stereocenters. The average molecular weight is 317 g/mol. The van der Waals surface area contributed by atoms with Gasteiger partial charge in [-0.25, -0.2) is 0 Å². The van der Waals surface area contributed by atoms with Crippen LogP contribution in [0.3, 0.4) is 0 Å². The summed E-state index contributed by atoms with van der Waals surface area (Å²) in [5, 5.41) is 9.24. The van der Waals surface area contributed by atoms with Crippen LogP contribution in [0.25, 0.3) is 0 Å². The molecule has 4 heteroatoms. The molecule has 1 N–H and O–H groups in total. The van der Waals surface area contributed by atoms with Gasteiger partial charge < -0.3 is 0 Å². The molecule has 120 valence electrons.